The fourth-order valence-electron chi connectivity index (χ4n) is 3.07. The van der Waals surface area contributed by atoms with E-state index in [4.69, 9.17) is 0 Å². The third kappa shape index (κ3) is 5.76. The van der Waals surface area contributed by atoms with E-state index in [1.54, 1.807) is 26.0 Å². The summed E-state index contributed by atoms with van der Waals surface area (Å²) >= 11 is 0. The SMILES string of the molecule is CC(C)(C)CC(=O)Nc1nc2ccc(C(C)(C)O)nc2n1-c1ccc(OC(F)(F)F)cc1. The van der Waals surface area contributed by atoms with Gasteiger partial charge in [0, 0.05) is 6.42 Å². The first kappa shape index (κ1) is 23.5. The summed E-state index contributed by atoms with van der Waals surface area (Å²) < 4.78 is 43.0. The molecule has 0 fully saturated rings. The zero-order valence-electron chi connectivity index (χ0n) is 18.4. The number of ether oxygens (including phenoxy) is 1. The fourth-order valence-corrected chi connectivity index (χ4v) is 3.07. The lowest BCUT2D eigenvalue weighted by Gasteiger charge is -2.18. The summed E-state index contributed by atoms with van der Waals surface area (Å²) in [5.74, 6) is -0.484. The number of hydrogen-bond acceptors (Lipinski definition) is 5. The maximum Gasteiger partial charge on any atom is 0.573 e. The average molecular weight is 450 g/mol. The van der Waals surface area contributed by atoms with E-state index >= 15 is 0 Å². The van der Waals surface area contributed by atoms with E-state index in [1.807, 2.05) is 20.8 Å². The van der Waals surface area contributed by atoms with E-state index in [2.05, 4.69) is 20.0 Å². The van der Waals surface area contributed by atoms with Crippen LogP contribution in [-0.4, -0.2) is 31.9 Å². The molecular formula is C22H25F3N4O3. The Morgan fingerprint density at radius 3 is 2.19 bits per heavy atom. The molecule has 7 nitrogen and oxygen atoms in total. The third-order valence-corrected chi connectivity index (χ3v) is 4.40. The number of imidazole rings is 1. The van der Waals surface area contributed by atoms with Crippen LogP contribution < -0.4 is 10.1 Å². The highest BCUT2D eigenvalue weighted by molar-refractivity contribution is 5.92. The summed E-state index contributed by atoms with van der Waals surface area (Å²) in [5, 5.41) is 13.1. The number of nitrogens with one attached hydrogen (secondary N) is 1. The number of benzene rings is 1. The lowest BCUT2D eigenvalue weighted by molar-refractivity contribution is -0.274. The second kappa shape index (κ2) is 8.09. The normalized spacial score (nSPS) is 12.8. The molecule has 0 aliphatic carbocycles. The molecule has 0 unspecified atom stereocenters. The van der Waals surface area contributed by atoms with Crippen LogP contribution in [-0.2, 0) is 10.4 Å². The Kier molecular flexibility index (Phi) is 5.94. The van der Waals surface area contributed by atoms with Gasteiger partial charge in [0.05, 0.1) is 11.4 Å². The fraction of sp³-hybridized carbons (Fsp3) is 0.409. The topological polar surface area (TPSA) is 89.3 Å². The van der Waals surface area contributed by atoms with Crippen LogP contribution >= 0.6 is 0 Å². The van der Waals surface area contributed by atoms with E-state index in [-0.39, 0.29) is 29.4 Å². The lowest BCUT2D eigenvalue weighted by Crippen LogP contribution is -2.21. The Bertz CT molecular complexity index is 1120. The number of anilines is 1. The number of amides is 1. The molecule has 0 saturated heterocycles. The van der Waals surface area contributed by atoms with Gasteiger partial charge in [0.2, 0.25) is 11.9 Å². The summed E-state index contributed by atoms with van der Waals surface area (Å²) in [7, 11) is 0. The van der Waals surface area contributed by atoms with E-state index in [1.165, 1.54) is 16.7 Å². The number of carbonyl (C=O) groups excluding carboxylic acids is 1. The van der Waals surface area contributed by atoms with E-state index in [0.717, 1.165) is 12.1 Å². The van der Waals surface area contributed by atoms with Gasteiger partial charge in [-0.15, -0.1) is 13.2 Å². The van der Waals surface area contributed by atoms with Gasteiger partial charge in [0.1, 0.15) is 16.9 Å². The van der Waals surface area contributed by atoms with Crippen LogP contribution in [0.5, 0.6) is 5.75 Å². The largest absolute Gasteiger partial charge is 0.573 e. The van der Waals surface area contributed by atoms with Crippen molar-refractivity contribution < 1.29 is 27.8 Å². The Balaban J connectivity index is 2.10. The molecule has 0 spiro atoms. The number of hydrogen-bond donors (Lipinski definition) is 2. The van der Waals surface area contributed by atoms with Crippen LogP contribution in [0.2, 0.25) is 0 Å². The molecule has 2 N–H and O–H groups in total. The van der Waals surface area contributed by atoms with Crippen molar-refractivity contribution in [2.24, 2.45) is 5.41 Å². The van der Waals surface area contributed by atoms with Crippen LogP contribution in [0, 0.1) is 5.41 Å². The molecule has 32 heavy (non-hydrogen) atoms. The van der Waals surface area contributed by atoms with Crippen LogP contribution in [0.1, 0.15) is 46.7 Å². The summed E-state index contributed by atoms with van der Waals surface area (Å²) in [4.78, 5) is 21.5. The number of nitrogens with zero attached hydrogens (tertiary/aromatic N) is 3. The molecule has 3 rings (SSSR count). The van der Waals surface area contributed by atoms with Gasteiger partial charge in [-0.25, -0.2) is 9.97 Å². The molecular weight excluding hydrogens is 425 g/mol. The minimum atomic E-state index is -4.81. The number of carbonyl (C=O) groups is 1. The van der Waals surface area contributed by atoms with Crippen molar-refractivity contribution in [3.63, 3.8) is 0 Å². The van der Waals surface area contributed by atoms with Crippen molar-refractivity contribution in [3.8, 4) is 11.4 Å². The predicted octanol–water partition coefficient (Wildman–Crippen LogP) is 4.92. The maximum absolute atomic E-state index is 12.6. The van der Waals surface area contributed by atoms with E-state index in [0.29, 0.717) is 22.5 Å². The minimum absolute atomic E-state index is 0.166. The van der Waals surface area contributed by atoms with Gasteiger partial charge in [0.15, 0.2) is 5.65 Å². The monoisotopic (exact) mass is 450 g/mol. The average Bonchev–Trinajstić information content (AvgIpc) is 2.95. The standard InChI is InChI=1S/C22H25F3N4O3/c1-20(2,3)12-17(30)28-19-26-15-10-11-16(21(4,5)31)27-18(15)29(19)13-6-8-14(9-7-13)32-22(23,24)25/h6-11,31H,12H2,1-5H3,(H,26,28,30). The van der Waals surface area contributed by atoms with Gasteiger partial charge >= 0.3 is 6.36 Å². The van der Waals surface area contributed by atoms with Gasteiger partial charge in [-0.05, 0) is 55.7 Å². The number of aromatic nitrogens is 3. The number of alkyl halides is 3. The van der Waals surface area contributed by atoms with Gasteiger partial charge < -0.3 is 9.84 Å². The van der Waals surface area contributed by atoms with Gasteiger partial charge in [0.25, 0.3) is 0 Å². The first-order valence-electron chi connectivity index (χ1n) is 9.91. The number of rotatable bonds is 5. The van der Waals surface area contributed by atoms with Crippen LogP contribution in [0.3, 0.4) is 0 Å². The minimum Gasteiger partial charge on any atom is -0.406 e. The molecule has 2 aromatic heterocycles. The Morgan fingerprint density at radius 1 is 1.03 bits per heavy atom. The van der Waals surface area contributed by atoms with Crippen molar-refractivity contribution in [2.45, 2.75) is 53.0 Å². The van der Waals surface area contributed by atoms with Crippen molar-refractivity contribution in [3.05, 3.63) is 42.1 Å². The summed E-state index contributed by atoms with van der Waals surface area (Å²) in [6.45, 7) is 8.93. The molecule has 1 amide bonds. The first-order chi connectivity index (χ1) is 14.6. The smallest absolute Gasteiger partial charge is 0.406 e. The van der Waals surface area contributed by atoms with Crippen LogP contribution in [0.15, 0.2) is 36.4 Å². The summed E-state index contributed by atoms with van der Waals surface area (Å²) in [5.41, 5.74) is 0.0665. The second-order valence-corrected chi connectivity index (χ2v) is 9.20. The Morgan fingerprint density at radius 2 is 1.66 bits per heavy atom. The highest BCUT2D eigenvalue weighted by atomic mass is 19.4. The van der Waals surface area contributed by atoms with Crippen molar-refractivity contribution in [2.75, 3.05) is 5.32 Å². The molecule has 0 bridgehead atoms. The summed E-state index contributed by atoms with van der Waals surface area (Å²) in [6.07, 6.45) is -4.57. The number of aliphatic hydroxyl groups is 1. The number of halogens is 3. The van der Waals surface area contributed by atoms with Gasteiger partial charge in [-0.1, -0.05) is 20.8 Å². The quantitative estimate of drug-likeness (QED) is 0.576. The molecule has 0 atom stereocenters. The van der Waals surface area contributed by atoms with E-state index < -0.39 is 12.0 Å². The van der Waals surface area contributed by atoms with Crippen molar-refractivity contribution in [1.29, 1.82) is 0 Å². The van der Waals surface area contributed by atoms with Crippen molar-refractivity contribution in [1.82, 2.24) is 14.5 Å². The molecule has 3 aromatic rings. The molecule has 172 valence electrons. The Hall–Kier alpha value is -3.14. The molecule has 0 radical (unpaired) electrons. The highest BCUT2D eigenvalue weighted by Crippen LogP contribution is 2.29. The molecule has 10 heteroatoms. The Labute approximate surface area is 183 Å². The maximum atomic E-state index is 12.6. The molecule has 2 heterocycles. The van der Waals surface area contributed by atoms with Crippen LogP contribution in [0.25, 0.3) is 16.9 Å². The zero-order valence-corrected chi connectivity index (χ0v) is 18.4. The predicted molar refractivity (Wildman–Crippen MR) is 113 cm³/mol. The van der Waals surface area contributed by atoms with Crippen LogP contribution in [0.4, 0.5) is 19.1 Å². The van der Waals surface area contributed by atoms with Gasteiger partial charge in [-0.3, -0.25) is 14.7 Å². The first-order valence-corrected chi connectivity index (χ1v) is 9.91. The van der Waals surface area contributed by atoms with Crippen molar-refractivity contribution >= 4 is 23.0 Å². The van der Waals surface area contributed by atoms with Gasteiger partial charge in [-0.2, -0.15) is 0 Å². The molecule has 0 saturated carbocycles. The second-order valence-electron chi connectivity index (χ2n) is 9.20. The lowest BCUT2D eigenvalue weighted by atomic mass is 9.92. The van der Waals surface area contributed by atoms with E-state index in [9.17, 15) is 23.1 Å². The zero-order chi connectivity index (χ0) is 23.9. The highest BCUT2D eigenvalue weighted by Gasteiger charge is 2.31. The molecule has 1 aromatic carbocycles. The third-order valence-electron chi connectivity index (χ3n) is 4.40. The molecule has 0 aliphatic heterocycles. The number of fused-ring (bicyclic) bond motifs is 1. The number of pyridine rings is 1. The summed E-state index contributed by atoms with van der Waals surface area (Å²) in [6, 6.07) is 8.41. The molecule has 0 aliphatic rings.